The Balaban J connectivity index is 0.00000323. The zero-order chi connectivity index (χ0) is 26.8. The highest BCUT2D eigenvalue weighted by atomic mass is 35.5. The number of ether oxygens (including phenoxy) is 6. The molecule has 0 radical (unpaired) electrons. The van der Waals surface area contributed by atoms with Crippen LogP contribution in [-0.4, -0.2) is 39.7 Å². The fourth-order valence-corrected chi connectivity index (χ4v) is 5.09. The van der Waals surface area contributed by atoms with Gasteiger partial charge in [-0.1, -0.05) is 12.1 Å². The molecule has 2 aliphatic rings. The lowest BCUT2D eigenvalue weighted by molar-refractivity contribution is -0.686. The average Bonchev–Trinajstić information content (AvgIpc) is 3.41. The SMILES string of the molecule is CCOC(=O)Cc1ccc(OCCOc2c(OC)ccc3cc4[n+](cc23)CCc2cc3c(cc2-4)OCO3)cc1.[Cl-]. The van der Waals surface area contributed by atoms with Gasteiger partial charge in [-0.25, -0.2) is 0 Å². The van der Waals surface area contributed by atoms with Gasteiger partial charge in [0.1, 0.15) is 19.0 Å². The molecule has 4 aromatic rings. The van der Waals surface area contributed by atoms with E-state index in [0.717, 1.165) is 52.1 Å². The van der Waals surface area contributed by atoms with E-state index >= 15 is 0 Å². The van der Waals surface area contributed by atoms with E-state index in [4.69, 9.17) is 28.4 Å². The zero-order valence-electron chi connectivity index (χ0n) is 22.4. The molecule has 1 aromatic heterocycles. The minimum Gasteiger partial charge on any atom is -1.00 e. The Hall–Kier alpha value is -4.17. The zero-order valence-corrected chi connectivity index (χ0v) is 23.2. The maximum absolute atomic E-state index is 11.7. The van der Waals surface area contributed by atoms with E-state index in [9.17, 15) is 4.79 Å². The molecule has 0 unspecified atom stereocenters. The van der Waals surface area contributed by atoms with Gasteiger partial charge < -0.3 is 40.8 Å². The maximum atomic E-state index is 11.7. The van der Waals surface area contributed by atoms with Gasteiger partial charge in [0.25, 0.3) is 0 Å². The van der Waals surface area contributed by atoms with Gasteiger partial charge >= 0.3 is 5.97 Å². The van der Waals surface area contributed by atoms with Crippen molar-refractivity contribution in [2.75, 3.05) is 33.7 Å². The number of pyridine rings is 1. The summed E-state index contributed by atoms with van der Waals surface area (Å²) in [6.07, 6.45) is 3.29. The Labute approximate surface area is 238 Å². The molecule has 0 spiro atoms. The monoisotopic (exact) mass is 563 g/mol. The number of hydrogen-bond donors (Lipinski definition) is 0. The molecule has 0 aliphatic carbocycles. The van der Waals surface area contributed by atoms with Crippen LogP contribution in [0.15, 0.2) is 60.8 Å². The first kappa shape index (κ1) is 27.4. The van der Waals surface area contributed by atoms with E-state index in [1.165, 1.54) is 5.56 Å². The molecule has 0 saturated heterocycles. The van der Waals surface area contributed by atoms with Crippen LogP contribution in [0.1, 0.15) is 18.1 Å². The first-order valence-corrected chi connectivity index (χ1v) is 13.1. The third-order valence-electron chi connectivity index (χ3n) is 6.97. The van der Waals surface area contributed by atoms with Gasteiger partial charge in [0.2, 0.25) is 12.5 Å². The molecule has 0 amide bonds. The molecule has 0 atom stereocenters. The topological polar surface area (TPSA) is 76.3 Å². The number of aryl methyl sites for hydroxylation is 2. The Morgan fingerprint density at radius 1 is 0.975 bits per heavy atom. The number of carbonyl (C=O) groups excluding carboxylic acids is 1. The van der Waals surface area contributed by atoms with Crippen molar-refractivity contribution in [2.45, 2.75) is 26.3 Å². The number of fused-ring (bicyclic) bond motifs is 5. The second kappa shape index (κ2) is 11.9. The molecule has 8 nitrogen and oxygen atoms in total. The summed E-state index contributed by atoms with van der Waals surface area (Å²) in [6, 6.07) is 17.8. The highest BCUT2D eigenvalue weighted by Crippen LogP contribution is 2.41. The van der Waals surface area contributed by atoms with Crippen LogP contribution >= 0.6 is 0 Å². The summed E-state index contributed by atoms with van der Waals surface area (Å²) in [6.45, 7) is 3.99. The van der Waals surface area contributed by atoms with Crippen molar-refractivity contribution in [1.82, 2.24) is 0 Å². The third-order valence-corrected chi connectivity index (χ3v) is 6.97. The maximum Gasteiger partial charge on any atom is 0.310 e. The summed E-state index contributed by atoms with van der Waals surface area (Å²) in [4.78, 5) is 11.7. The van der Waals surface area contributed by atoms with Crippen LogP contribution in [0, 0.1) is 0 Å². The lowest BCUT2D eigenvalue weighted by Crippen LogP contribution is -3.00. The van der Waals surface area contributed by atoms with Gasteiger partial charge in [0.15, 0.2) is 35.7 Å². The fraction of sp³-hybridized carbons (Fsp3) is 0.290. The molecule has 3 aromatic carbocycles. The summed E-state index contributed by atoms with van der Waals surface area (Å²) in [5, 5.41) is 2.03. The van der Waals surface area contributed by atoms with Crippen molar-refractivity contribution >= 4 is 16.7 Å². The molecule has 0 saturated carbocycles. The van der Waals surface area contributed by atoms with E-state index in [2.05, 4.69) is 35.0 Å². The fourth-order valence-electron chi connectivity index (χ4n) is 5.09. The van der Waals surface area contributed by atoms with Gasteiger partial charge in [0.05, 0.1) is 31.1 Å². The van der Waals surface area contributed by atoms with Crippen molar-refractivity contribution < 1.29 is 50.2 Å². The summed E-state index contributed by atoms with van der Waals surface area (Å²) < 4.78 is 36.2. The van der Waals surface area contributed by atoms with E-state index < -0.39 is 0 Å². The largest absolute Gasteiger partial charge is 1.00 e. The molecule has 208 valence electrons. The number of benzene rings is 3. The summed E-state index contributed by atoms with van der Waals surface area (Å²) in [5.74, 6) is 3.44. The molecular weight excluding hydrogens is 534 g/mol. The van der Waals surface area contributed by atoms with Crippen molar-refractivity contribution in [2.24, 2.45) is 0 Å². The summed E-state index contributed by atoms with van der Waals surface area (Å²) >= 11 is 0. The summed E-state index contributed by atoms with van der Waals surface area (Å²) in [7, 11) is 1.65. The van der Waals surface area contributed by atoms with E-state index in [1.54, 1.807) is 14.0 Å². The predicted octanol–water partition coefficient (Wildman–Crippen LogP) is 1.66. The van der Waals surface area contributed by atoms with Crippen LogP contribution < -0.4 is 40.7 Å². The predicted molar refractivity (Wildman–Crippen MR) is 144 cm³/mol. The second-order valence-electron chi connectivity index (χ2n) is 9.39. The van der Waals surface area contributed by atoms with Crippen molar-refractivity contribution in [1.29, 1.82) is 0 Å². The van der Waals surface area contributed by atoms with Gasteiger partial charge in [0, 0.05) is 12.5 Å². The van der Waals surface area contributed by atoms with Crippen LogP contribution in [0.2, 0.25) is 0 Å². The minimum absolute atomic E-state index is 0. The van der Waals surface area contributed by atoms with E-state index in [0.29, 0.717) is 37.1 Å². The number of hydrogen-bond acceptors (Lipinski definition) is 7. The highest BCUT2D eigenvalue weighted by molar-refractivity contribution is 5.91. The molecule has 6 rings (SSSR count). The Bertz CT molecular complexity index is 1540. The lowest BCUT2D eigenvalue weighted by atomic mass is 9.95. The van der Waals surface area contributed by atoms with Crippen LogP contribution in [-0.2, 0) is 28.9 Å². The smallest absolute Gasteiger partial charge is 0.310 e. The Morgan fingerprint density at radius 2 is 1.75 bits per heavy atom. The number of methoxy groups -OCH3 is 1. The average molecular weight is 564 g/mol. The first-order valence-electron chi connectivity index (χ1n) is 13.1. The molecule has 3 heterocycles. The van der Waals surface area contributed by atoms with Gasteiger partial charge in [-0.3, -0.25) is 4.79 Å². The summed E-state index contributed by atoms with van der Waals surface area (Å²) in [5.41, 5.74) is 4.43. The van der Waals surface area contributed by atoms with Gasteiger partial charge in [-0.2, -0.15) is 4.57 Å². The quantitative estimate of drug-likeness (QED) is 0.174. The van der Waals surface area contributed by atoms with E-state index in [1.807, 2.05) is 30.3 Å². The molecule has 0 bridgehead atoms. The third kappa shape index (κ3) is 5.45. The molecular formula is C31H30ClNO7. The molecule has 40 heavy (non-hydrogen) atoms. The van der Waals surface area contributed by atoms with E-state index in [-0.39, 0.29) is 31.6 Å². The standard InChI is InChI=1S/C31H30NO7.ClH/c1-3-35-30(33)14-20-4-7-23(8-5-20)36-12-13-37-31-25-18-32-11-10-22-16-28-29(39-19-38-28)17-24(22)26(32)15-21(25)6-9-27(31)34-2;/h4-9,15-18H,3,10-14,19H2,1-2H3;1H/q+1;/p-1. The second-order valence-corrected chi connectivity index (χ2v) is 9.39. The van der Waals surface area contributed by atoms with Crippen LogP contribution in [0.4, 0.5) is 0 Å². The molecule has 0 N–H and O–H groups in total. The first-order chi connectivity index (χ1) is 19.1. The van der Waals surface area contributed by atoms with Gasteiger partial charge in [-0.15, -0.1) is 0 Å². The van der Waals surface area contributed by atoms with Crippen LogP contribution in [0.3, 0.4) is 0 Å². The van der Waals surface area contributed by atoms with Crippen LogP contribution in [0.5, 0.6) is 28.7 Å². The minimum atomic E-state index is -0.237. The number of nitrogens with zero attached hydrogens (tertiary/aromatic N) is 1. The van der Waals surface area contributed by atoms with Gasteiger partial charge in [-0.05, 0) is 59.8 Å². The van der Waals surface area contributed by atoms with Crippen molar-refractivity contribution in [3.63, 3.8) is 0 Å². The lowest BCUT2D eigenvalue weighted by Gasteiger charge is -2.18. The molecule has 2 aliphatic heterocycles. The van der Waals surface area contributed by atoms with Crippen molar-refractivity contribution in [3.8, 4) is 40.0 Å². The Kier molecular flexibility index (Phi) is 8.16. The normalized spacial score (nSPS) is 12.7. The highest BCUT2D eigenvalue weighted by Gasteiger charge is 2.28. The molecule has 0 fully saturated rings. The number of rotatable bonds is 9. The van der Waals surface area contributed by atoms with Crippen molar-refractivity contribution in [3.05, 3.63) is 71.9 Å². The Morgan fingerprint density at radius 3 is 2.52 bits per heavy atom. The number of halogens is 1. The van der Waals surface area contributed by atoms with Crippen LogP contribution in [0.25, 0.3) is 22.0 Å². The molecule has 9 heteroatoms. The number of aromatic nitrogens is 1. The number of carbonyl (C=O) groups is 1. The number of esters is 1.